The fraction of sp³-hybridized carbons (Fsp3) is 0.571. The Balaban J connectivity index is 2.14. The lowest BCUT2D eigenvalue weighted by Gasteiger charge is -2.27. The SMILES string of the molecule is CC1CCC(c2ccc(CO)cc2Cl)CC1. The number of benzene rings is 1. The second-order valence-corrected chi connectivity index (χ2v) is 5.38. The smallest absolute Gasteiger partial charge is 0.0682 e. The highest BCUT2D eigenvalue weighted by Gasteiger charge is 2.21. The molecule has 1 aromatic carbocycles. The molecule has 2 rings (SSSR count). The van der Waals surface area contributed by atoms with E-state index in [9.17, 15) is 0 Å². The second kappa shape index (κ2) is 5.20. The average molecular weight is 239 g/mol. The standard InChI is InChI=1S/C14H19ClO/c1-10-2-5-12(6-3-10)13-7-4-11(9-16)8-14(13)15/h4,7-8,10,12,16H,2-3,5-6,9H2,1H3. The van der Waals surface area contributed by atoms with E-state index in [1.54, 1.807) is 0 Å². The van der Waals surface area contributed by atoms with Crippen molar-refractivity contribution in [2.45, 2.75) is 45.1 Å². The quantitative estimate of drug-likeness (QED) is 0.822. The Bertz CT molecular complexity index is 354. The highest BCUT2D eigenvalue weighted by molar-refractivity contribution is 6.31. The van der Waals surface area contributed by atoms with Gasteiger partial charge in [-0.15, -0.1) is 0 Å². The molecule has 88 valence electrons. The summed E-state index contributed by atoms with van der Waals surface area (Å²) in [6.07, 6.45) is 5.12. The van der Waals surface area contributed by atoms with E-state index in [1.165, 1.54) is 31.2 Å². The molecule has 1 fully saturated rings. The van der Waals surface area contributed by atoms with Crippen LogP contribution in [0.2, 0.25) is 5.02 Å². The molecule has 0 amide bonds. The number of hydrogen-bond donors (Lipinski definition) is 1. The lowest BCUT2D eigenvalue weighted by Crippen LogP contribution is -2.11. The molecule has 1 nitrogen and oxygen atoms in total. The second-order valence-electron chi connectivity index (χ2n) is 4.97. The van der Waals surface area contributed by atoms with Crippen LogP contribution >= 0.6 is 11.6 Å². The Labute approximate surface area is 102 Å². The number of aliphatic hydroxyl groups is 1. The van der Waals surface area contributed by atoms with E-state index in [0.29, 0.717) is 5.92 Å². The molecule has 1 aromatic rings. The van der Waals surface area contributed by atoms with Gasteiger partial charge in [-0.1, -0.05) is 43.5 Å². The van der Waals surface area contributed by atoms with Gasteiger partial charge in [-0.05, 0) is 41.9 Å². The largest absolute Gasteiger partial charge is 0.392 e. The maximum Gasteiger partial charge on any atom is 0.0682 e. The number of hydrogen-bond acceptors (Lipinski definition) is 1. The van der Waals surface area contributed by atoms with Crippen LogP contribution in [0, 0.1) is 5.92 Å². The summed E-state index contributed by atoms with van der Waals surface area (Å²) in [7, 11) is 0. The molecule has 1 saturated carbocycles. The molecule has 0 aromatic heterocycles. The van der Waals surface area contributed by atoms with Crippen LogP contribution < -0.4 is 0 Å². The lowest BCUT2D eigenvalue weighted by atomic mass is 9.79. The molecule has 0 heterocycles. The molecular formula is C14H19ClO. The number of rotatable bonds is 2. The predicted molar refractivity (Wildman–Crippen MR) is 67.7 cm³/mol. The average Bonchev–Trinajstić information content (AvgIpc) is 2.30. The maximum atomic E-state index is 9.04. The molecule has 0 atom stereocenters. The molecule has 0 saturated heterocycles. The highest BCUT2D eigenvalue weighted by atomic mass is 35.5. The van der Waals surface area contributed by atoms with Crippen molar-refractivity contribution < 1.29 is 5.11 Å². The van der Waals surface area contributed by atoms with Crippen LogP contribution in [-0.2, 0) is 6.61 Å². The molecule has 1 N–H and O–H groups in total. The van der Waals surface area contributed by atoms with Crippen molar-refractivity contribution in [1.29, 1.82) is 0 Å². The summed E-state index contributed by atoms with van der Waals surface area (Å²) in [6, 6.07) is 5.97. The van der Waals surface area contributed by atoms with Crippen molar-refractivity contribution >= 4 is 11.6 Å². The lowest BCUT2D eigenvalue weighted by molar-refractivity contribution is 0.281. The summed E-state index contributed by atoms with van der Waals surface area (Å²) in [4.78, 5) is 0. The van der Waals surface area contributed by atoms with E-state index < -0.39 is 0 Å². The fourth-order valence-electron chi connectivity index (χ4n) is 2.57. The van der Waals surface area contributed by atoms with E-state index in [4.69, 9.17) is 16.7 Å². The van der Waals surface area contributed by atoms with E-state index in [-0.39, 0.29) is 6.61 Å². The Morgan fingerprint density at radius 3 is 2.50 bits per heavy atom. The van der Waals surface area contributed by atoms with Crippen LogP contribution in [0.15, 0.2) is 18.2 Å². The Hall–Kier alpha value is -0.530. The first-order chi connectivity index (χ1) is 7.70. The van der Waals surface area contributed by atoms with Crippen molar-refractivity contribution in [3.05, 3.63) is 34.3 Å². The van der Waals surface area contributed by atoms with Crippen LogP contribution in [0.25, 0.3) is 0 Å². The van der Waals surface area contributed by atoms with Crippen molar-refractivity contribution in [1.82, 2.24) is 0 Å². The zero-order chi connectivity index (χ0) is 11.5. The van der Waals surface area contributed by atoms with Gasteiger partial charge in [0.05, 0.1) is 6.61 Å². The van der Waals surface area contributed by atoms with Crippen molar-refractivity contribution in [2.75, 3.05) is 0 Å². The maximum absolute atomic E-state index is 9.04. The Morgan fingerprint density at radius 1 is 1.25 bits per heavy atom. The van der Waals surface area contributed by atoms with Crippen molar-refractivity contribution in [2.24, 2.45) is 5.92 Å². The van der Waals surface area contributed by atoms with Crippen LogP contribution in [0.1, 0.15) is 49.7 Å². The van der Waals surface area contributed by atoms with E-state index in [1.807, 2.05) is 12.1 Å². The Morgan fingerprint density at radius 2 is 1.94 bits per heavy atom. The summed E-state index contributed by atoms with van der Waals surface area (Å²) in [5, 5.41) is 9.86. The van der Waals surface area contributed by atoms with Gasteiger partial charge in [-0.3, -0.25) is 0 Å². The topological polar surface area (TPSA) is 20.2 Å². The van der Waals surface area contributed by atoms with Crippen LogP contribution in [-0.4, -0.2) is 5.11 Å². The minimum Gasteiger partial charge on any atom is -0.392 e. The molecule has 0 unspecified atom stereocenters. The van der Waals surface area contributed by atoms with Crippen molar-refractivity contribution in [3.8, 4) is 0 Å². The molecular weight excluding hydrogens is 220 g/mol. The van der Waals surface area contributed by atoms with Gasteiger partial charge in [0.2, 0.25) is 0 Å². The first-order valence-corrected chi connectivity index (χ1v) is 6.47. The van der Waals surface area contributed by atoms with Gasteiger partial charge in [0.15, 0.2) is 0 Å². The van der Waals surface area contributed by atoms with E-state index in [0.717, 1.165) is 16.5 Å². The zero-order valence-corrected chi connectivity index (χ0v) is 10.5. The summed E-state index contributed by atoms with van der Waals surface area (Å²) < 4.78 is 0. The molecule has 16 heavy (non-hydrogen) atoms. The normalized spacial score (nSPS) is 25.7. The monoisotopic (exact) mass is 238 g/mol. The minimum absolute atomic E-state index is 0.0711. The predicted octanol–water partition coefficient (Wildman–Crippen LogP) is 4.13. The third kappa shape index (κ3) is 2.58. The number of aliphatic hydroxyl groups excluding tert-OH is 1. The van der Waals surface area contributed by atoms with E-state index in [2.05, 4.69) is 13.0 Å². The molecule has 0 bridgehead atoms. The molecule has 0 spiro atoms. The molecule has 2 heteroatoms. The summed E-state index contributed by atoms with van der Waals surface area (Å²) in [5.74, 6) is 1.49. The molecule has 1 aliphatic rings. The molecule has 0 radical (unpaired) electrons. The number of halogens is 1. The summed E-state index contributed by atoms with van der Waals surface area (Å²) >= 11 is 6.27. The van der Waals surface area contributed by atoms with Gasteiger partial charge in [0, 0.05) is 5.02 Å². The first kappa shape index (κ1) is 11.9. The van der Waals surface area contributed by atoms with Gasteiger partial charge in [-0.2, -0.15) is 0 Å². The zero-order valence-electron chi connectivity index (χ0n) is 9.75. The summed E-state index contributed by atoms with van der Waals surface area (Å²) in [6.45, 7) is 2.40. The minimum atomic E-state index is 0.0711. The Kier molecular flexibility index (Phi) is 3.88. The van der Waals surface area contributed by atoms with Crippen LogP contribution in [0.4, 0.5) is 0 Å². The fourth-order valence-corrected chi connectivity index (χ4v) is 2.93. The van der Waals surface area contributed by atoms with E-state index >= 15 is 0 Å². The van der Waals surface area contributed by atoms with Crippen molar-refractivity contribution in [3.63, 3.8) is 0 Å². The highest BCUT2D eigenvalue weighted by Crippen LogP contribution is 2.38. The van der Waals surface area contributed by atoms with Gasteiger partial charge in [0.1, 0.15) is 0 Å². The molecule has 0 aliphatic heterocycles. The molecule has 1 aliphatic carbocycles. The summed E-state index contributed by atoms with van der Waals surface area (Å²) in [5.41, 5.74) is 2.17. The van der Waals surface area contributed by atoms with Gasteiger partial charge in [-0.25, -0.2) is 0 Å². The van der Waals surface area contributed by atoms with Gasteiger partial charge < -0.3 is 5.11 Å². The van der Waals surface area contributed by atoms with Crippen LogP contribution in [0.3, 0.4) is 0 Å². The van der Waals surface area contributed by atoms with Gasteiger partial charge in [0.25, 0.3) is 0 Å². The van der Waals surface area contributed by atoms with Gasteiger partial charge >= 0.3 is 0 Å². The first-order valence-electron chi connectivity index (χ1n) is 6.10. The van der Waals surface area contributed by atoms with Crippen LogP contribution in [0.5, 0.6) is 0 Å². The third-order valence-electron chi connectivity index (χ3n) is 3.70. The third-order valence-corrected chi connectivity index (χ3v) is 4.03.